The lowest BCUT2D eigenvalue weighted by Crippen LogP contribution is -2.60. The zero-order valence-electron chi connectivity index (χ0n) is 17.2. The van der Waals surface area contributed by atoms with Gasteiger partial charge in [0.2, 0.25) is 15.9 Å². The summed E-state index contributed by atoms with van der Waals surface area (Å²) >= 11 is 11.9. The van der Waals surface area contributed by atoms with Crippen molar-refractivity contribution in [2.75, 3.05) is 13.1 Å². The van der Waals surface area contributed by atoms with Crippen molar-refractivity contribution < 1.29 is 26.4 Å². The van der Waals surface area contributed by atoms with Crippen molar-refractivity contribution in [2.45, 2.75) is 43.4 Å². The molecule has 174 valence electrons. The van der Waals surface area contributed by atoms with Gasteiger partial charge in [0.1, 0.15) is 0 Å². The van der Waals surface area contributed by atoms with Crippen molar-refractivity contribution in [1.82, 2.24) is 9.21 Å². The fourth-order valence-electron chi connectivity index (χ4n) is 3.87. The van der Waals surface area contributed by atoms with Crippen molar-refractivity contribution in [3.05, 3.63) is 63.6 Å². The molecule has 2 aromatic carbocycles. The van der Waals surface area contributed by atoms with E-state index in [1.165, 1.54) is 34.6 Å². The Morgan fingerprint density at radius 2 is 1.50 bits per heavy atom. The van der Waals surface area contributed by atoms with Gasteiger partial charge >= 0.3 is 6.18 Å². The summed E-state index contributed by atoms with van der Waals surface area (Å²) in [7, 11) is -3.88. The van der Waals surface area contributed by atoms with Gasteiger partial charge in [0, 0.05) is 35.2 Å². The number of sulfonamides is 1. The molecule has 32 heavy (non-hydrogen) atoms. The average Bonchev–Trinajstić information content (AvgIpc) is 2.66. The van der Waals surface area contributed by atoms with Crippen LogP contribution < -0.4 is 0 Å². The van der Waals surface area contributed by atoms with Crippen molar-refractivity contribution in [3.63, 3.8) is 0 Å². The zero-order chi connectivity index (χ0) is 23.8. The normalized spacial score (nSPS) is 20.4. The number of carbonyl (C=O) groups excluding carboxylic acids is 1. The molecule has 2 aromatic rings. The van der Waals surface area contributed by atoms with Gasteiger partial charge in [0.05, 0.1) is 16.9 Å². The first-order valence-electron chi connectivity index (χ1n) is 9.72. The second kappa shape index (κ2) is 9.21. The van der Waals surface area contributed by atoms with Gasteiger partial charge in [0.25, 0.3) is 0 Å². The highest BCUT2D eigenvalue weighted by atomic mass is 35.5. The molecule has 1 amide bonds. The zero-order valence-corrected chi connectivity index (χ0v) is 19.6. The summed E-state index contributed by atoms with van der Waals surface area (Å²) in [5, 5.41) is 0.394. The Hall–Kier alpha value is -1.81. The number of nitrogens with zero attached hydrogens (tertiary/aromatic N) is 2. The maximum absolute atomic E-state index is 13.1. The fraction of sp³-hybridized carbons (Fsp3) is 0.381. The van der Waals surface area contributed by atoms with Gasteiger partial charge in [-0.3, -0.25) is 4.79 Å². The number of piperazine rings is 1. The van der Waals surface area contributed by atoms with Crippen molar-refractivity contribution in [1.29, 1.82) is 0 Å². The molecular formula is C21H21Cl2F3N2O3S. The van der Waals surface area contributed by atoms with E-state index < -0.39 is 33.8 Å². The Bertz CT molecular complexity index is 1080. The molecule has 1 saturated heterocycles. The third-order valence-corrected chi connectivity index (χ3v) is 7.53. The van der Waals surface area contributed by atoms with Crippen molar-refractivity contribution in [3.8, 4) is 0 Å². The third kappa shape index (κ3) is 5.39. The highest BCUT2D eigenvalue weighted by Crippen LogP contribution is 2.30. The number of halogens is 5. The summed E-state index contributed by atoms with van der Waals surface area (Å²) in [4.78, 5) is 14.4. The van der Waals surface area contributed by atoms with E-state index in [0.717, 1.165) is 12.1 Å². The molecule has 1 aliphatic rings. The van der Waals surface area contributed by atoms with Crippen LogP contribution in [0.2, 0.25) is 10.0 Å². The SMILES string of the molecule is CC1CN(S(=O)(=O)c2cc(Cl)cc(Cl)c2)CC(C)N1C(=O)Cc1ccc(C(F)(F)F)cc1. The Balaban J connectivity index is 1.73. The molecule has 0 saturated carbocycles. The molecular weight excluding hydrogens is 488 g/mol. The lowest BCUT2D eigenvalue weighted by molar-refractivity contribution is -0.137. The molecule has 2 atom stereocenters. The average molecular weight is 509 g/mol. The topological polar surface area (TPSA) is 57.7 Å². The molecule has 1 heterocycles. The van der Waals surface area contributed by atoms with Gasteiger partial charge < -0.3 is 4.90 Å². The second-order valence-corrected chi connectivity index (χ2v) is 10.6. The summed E-state index contributed by atoms with van der Waals surface area (Å²) in [6, 6.07) is 7.63. The first-order chi connectivity index (χ1) is 14.8. The molecule has 5 nitrogen and oxygen atoms in total. The third-order valence-electron chi connectivity index (χ3n) is 5.28. The second-order valence-electron chi connectivity index (χ2n) is 7.80. The van der Waals surface area contributed by atoms with E-state index in [2.05, 4.69) is 0 Å². The molecule has 0 spiro atoms. The summed E-state index contributed by atoms with van der Waals surface area (Å²) < 4.78 is 65.6. The molecule has 0 radical (unpaired) electrons. The van der Waals surface area contributed by atoms with Crippen LogP contribution in [0.25, 0.3) is 0 Å². The number of rotatable bonds is 4. The van der Waals surface area contributed by atoms with E-state index >= 15 is 0 Å². The van der Waals surface area contributed by atoms with E-state index in [1.54, 1.807) is 18.7 Å². The van der Waals surface area contributed by atoms with Crippen molar-refractivity contribution in [2.24, 2.45) is 0 Å². The maximum atomic E-state index is 13.1. The van der Waals surface area contributed by atoms with E-state index in [0.29, 0.717) is 5.56 Å². The molecule has 0 bridgehead atoms. The van der Waals surface area contributed by atoms with Gasteiger partial charge in [0.15, 0.2) is 0 Å². The monoisotopic (exact) mass is 508 g/mol. The number of hydrogen-bond donors (Lipinski definition) is 0. The number of amides is 1. The Labute approximate surface area is 194 Å². The number of carbonyl (C=O) groups is 1. The van der Waals surface area contributed by atoms with Gasteiger partial charge in [-0.15, -0.1) is 0 Å². The van der Waals surface area contributed by atoms with Crippen LogP contribution in [0.5, 0.6) is 0 Å². The molecule has 2 unspecified atom stereocenters. The molecule has 1 fully saturated rings. The van der Waals surface area contributed by atoms with Crippen LogP contribution in [0.4, 0.5) is 13.2 Å². The van der Waals surface area contributed by atoms with E-state index in [1.807, 2.05) is 0 Å². The van der Waals surface area contributed by atoms with Crippen LogP contribution in [0.3, 0.4) is 0 Å². The first-order valence-corrected chi connectivity index (χ1v) is 11.9. The Kier molecular flexibility index (Phi) is 7.14. The maximum Gasteiger partial charge on any atom is 0.416 e. The van der Waals surface area contributed by atoms with E-state index in [4.69, 9.17) is 23.2 Å². The van der Waals surface area contributed by atoms with Crippen LogP contribution in [-0.2, 0) is 27.4 Å². The summed E-state index contributed by atoms with van der Waals surface area (Å²) in [6.07, 6.45) is -4.52. The molecule has 0 aliphatic carbocycles. The number of alkyl halides is 3. The predicted octanol–water partition coefficient (Wildman–Crippen LogP) is 4.86. The molecule has 1 aliphatic heterocycles. The largest absolute Gasteiger partial charge is 0.416 e. The van der Waals surface area contributed by atoms with Gasteiger partial charge in [-0.25, -0.2) is 8.42 Å². The highest BCUT2D eigenvalue weighted by Gasteiger charge is 2.38. The van der Waals surface area contributed by atoms with Gasteiger partial charge in [-0.05, 0) is 49.7 Å². The summed E-state index contributed by atoms with van der Waals surface area (Å²) in [5.74, 6) is -0.285. The standard InChI is InChI=1S/C21H21Cl2F3N2O3S/c1-13-11-27(32(30,31)19-9-17(22)8-18(23)10-19)12-14(2)28(13)20(29)7-15-3-5-16(6-4-15)21(24,25)26/h3-6,8-10,13-14H,7,11-12H2,1-2H3. The molecule has 3 rings (SSSR count). The first kappa shape index (κ1) is 24.8. The van der Waals surface area contributed by atoms with Crippen LogP contribution in [0.1, 0.15) is 25.0 Å². The molecule has 11 heteroatoms. The Morgan fingerprint density at radius 3 is 1.97 bits per heavy atom. The minimum Gasteiger partial charge on any atom is -0.334 e. The highest BCUT2D eigenvalue weighted by molar-refractivity contribution is 7.89. The van der Waals surface area contributed by atoms with Gasteiger partial charge in [-0.2, -0.15) is 17.5 Å². The fourth-order valence-corrected chi connectivity index (χ4v) is 6.20. The molecule has 0 aromatic heterocycles. The Morgan fingerprint density at radius 1 is 1.00 bits per heavy atom. The quantitative estimate of drug-likeness (QED) is 0.592. The van der Waals surface area contributed by atoms with Crippen LogP contribution in [-0.4, -0.2) is 48.7 Å². The predicted molar refractivity (Wildman–Crippen MR) is 116 cm³/mol. The van der Waals surface area contributed by atoms with E-state index in [-0.39, 0.29) is 40.4 Å². The minimum atomic E-state index is -4.44. The minimum absolute atomic E-state index is 0.0288. The van der Waals surface area contributed by atoms with Crippen LogP contribution in [0, 0.1) is 0 Å². The van der Waals surface area contributed by atoms with Crippen molar-refractivity contribution >= 4 is 39.1 Å². The lowest BCUT2D eigenvalue weighted by atomic mass is 10.0. The number of benzene rings is 2. The smallest absolute Gasteiger partial charge is 0.334 e. The summed E-state index contributed by atoms with van der Waals surface area (Å²) in [5.41, 5.74) is -0.332. The lowest BCUT2D eigenvalue weighted by Gasteiger charge is -2.44. The summed E-state index contributed by atoms with van der Waals surface area (Å²) in [6.45, 7) is 3.59. The molecule has 0 N–H and O–H groups in total. The van der Waals surface area contributed by atoms with Gasteiger partial charge in [-0.1, -0.05) is 35.3 Å². The van der Waals surface area contributed by atoms with Crippen LogP contribution >= 0.6 is 23.2 Å². The number of hydrogen-bond acceptors (Lipinski definition) is 3. The van der Waals surface area contributed by atoms with E-state index in [9.17, 15) is 26.4 Å². The van der Waals surface area contributed by atoms with Crippen LogP contribution in [0.15, 0.2) is 47.4 Å².